The number of hydrogen-bond donors (Lipinski definition) is 1. The van der Waals surface area contributed by atoms with Crippen molar-refractivity contribution in [1.29, 1.82) is 0 Å². The van der Waals surface area contributed by atoms with Gasteiger partial charge in [-0.15, -0.1) is 5.10 Å². The molecule has 0 saturated carbocycles. The molecule has 4 aromatic rings. The molecule has 0 saturated heterocycles. The molecule has 0 radical (unpaired) electrons. The number of imidazole rings is 1. The van der Waals surface area contributed by atoms with E-state index in [9.17, 15) is 4.79 Å². The highest BCUT2D eigenvalue weighted by Gasteiger charge is 2.10. The minimum absolute atomic E-state index is 0.178. The first-order chi connectivity index (χ1) is 12.1. The molecule has 8 heteroatoms. The summed E-state index contributed by atoms with van der Waals surface area (Å²) < 4.78 is 3.62. The van der Waals surface area contributed by atoms with Gasteiger partial charge >= 0.3 is 0 Å². The summed E-state index contributed by atoms with van der Waals surface area (Å²) in [5.41, 5.74) is 3.70. The van der Waals surface area contributed by atoms with Crippen molar-refractivity contribution in [3.8, 4) is 0 Å². The zero-order valence-corrected chi connectivity index (χ0v) is 14.2. The molecule has 0 unspecified atom stereocenters. The first-order valence-electron chi connectivity index (χ1n) is 7.88. The van der Waals surface area contributed by atoms with Crippen molar-refractivity contribution >= 4 is 34.2 Å². The van der Waals surface area contributed by atoms with E-state index in [2.05, 4.69) is 20.6 Å². The molecule has 25 heavy (non-hydrogen) atoms. The number of rotatable bonds is 4. The van der Waals surface area contributed by atoms with Gasteiger partial charge in [0.2, 0.25) is 0 Å². The Morgan fingerprint density at radius 2 is 2.12 bits per heavy atom. The van der Waals surface area contributed by atoms with E-state index in [0.29, 0.717) is 22.6 Å². The van der Waals surface area contributed by atoms with Crippen LogP contribution in [-0.4, -0.2) is 30.3 Å². The molecule has 0 fully saturated rings. The maximum atomic E-state index is 12.4. The lowest BCUT2D eigenvalue weighted by Crippen LogP contribution is -2.22. The third-order valence-corrected chi connectivity index (χ3v) is 4.19. The Hall–Kier alpha value is -2.93. The first kappa shape index (κ1) is 15.6. The van der Waals surface area contributed by atoms with E-state index >= 15 is 0 Å². The van der Waals surface area contributed by atoms with E-state index in [1.54, 1.807) is 29.1 Å². The zero-order valence-electron chi connectivity index (χ0n) is 13.5. The number of nitrogens with one attached hydrogen (secondary N) is 1. The monoisotopic (exact) mass is 354 g/mol. The number of fused-ring (bicyclic) bond motifs is 2. The van der Waals surface area contributed by atoms with Crippen LogP contribution in [0.3, 0.4) is 0 Å². The molecule has 1 amide bonds. The molecule has 4 rings (SSSR count). The van der Waals surface area contributed by atoms with Gasteiger partial charge in [-0.25, -0.2) is 9.67 Å². The van der Waals surface area contributed by atoms with Crippen molar-refractivity contribution in [2.75, 3.05) is 0 Å². The van der Waals surface area contributed by atoms with Gasteiger partial charge in [-0.1, -0.05) is 16.8 Å². The smallest absolute Gasteiger partial charge is 0.251 e. The summed E-state index contributed by atoms with van der Waals surface area (Å²) in [5.74, 6) is -0.178. The summed E-state index contributed by atoms with van der Waals surface area (Å²) >= 11 is 5.96. The highest BCUT2D eigenvalue weighted by Crippen LogP contribution is 2.14. The standard InChI is InChI=1S/C17H15ClN6O/c1-2-24-15-5-3-11(7-14(15)21-22-24)17(25)19-8-13-10-23-9-12(18)4-6-16(23)20-13/h3-7,9-10H,2,8H2,1H3,(H,19,25). The lowest BCUT2D eigenvalue weighted by Gasteiger charge is -2.03. The minimum Gasteiger partial charge on any atom is -0.346 e. The number of aryl methyl sites for hydroxylation is 1. The van der Waals surface area contributed by atoms with E-state index in [1.165, 1.54) is 0 Å². The Balaban J connectivity index is 1.51. The molecule has 7 nitrogen and oxygen atoms in total. The number of pyridine rings is 1. The van der Waals surface area contributed by atoms with Crippen LogP contribution in [0.2, 0.25) is 5.02 Å². The number of benzene rings is 1. The average molecular weight is 355 g/mol. The van der Waals surface area contributed by atoms with Gasteiger partial charge in [0.05, 0.1) is 22.8 Å². The number of amides is 1. The molecule has 0 atom stereocenters. The lowest BCUT2D eigenvalue weighted by atomic mass is 10.2. The summed E-state index contributed by atoms with van der Waals surface area (Å²) in [6.45, 7) is 3.06. The summed E-state index contributed by atoms with van der Waals surface area (Å²) in [6.07, 6.45) is 3.62. The summed E-state index contributed by atoms with van der Waals surface area (Å²) in [4.78, 5) is 16.8. The molecule has 3 heterocycles. The Morgan fingerprint density at radius 1 is 1.24 bits per heavy atom. The quantitative estimate of drug-likeness (QED) is 0.611. The van der Waals surface area contributed by atoms with Crippen LogP contribution in [0.5, 0.6) is 0 Å². The largest absolute Gasteiger partial charge is 0.346 e. The molecule has 1 N–H and O–H groups in total. The average Bonchev–Trinajstić information content (AvgIpc) is 3.21. The fraction of sp³-hybridized carbons (Fsp3) is 0.176. The molecule has 0 aliphatic rings. The molecule has 0 spiro atoms. The van der Waals surface area contributed by atoms with Crippen LogP contribution in [0, 0.1) is 0 Å². The Labute approximate surface area is 148 Å². The molecule has 0 bridgehead atoms. The van der Waals surface area contributed by atoms with Crippen LogP contribution < -0.4 is 5.32 Å². The third-order valence-electron chi connectivity index (χ3n) is 3.97. The number of aromatic nitrogens is 5. The van der Waals surface area contributed by atoms with Gasteiger partial charge in [0, 0.05) is 24.5 Å². The lowest BCUT2D eigenvalue weighted by molar-refractivity contribution is 0.0950. The molecular formula is C17H15ClN6O. The van der Waals surface area contributed by atoms with E-state index in [-0.39, 0.29) is 5.91 Å². The van der Waals surface area contributed by atoms with Crippen molar-refractivity contribution in [1.82, 2.24) is 29.7 Å². The Bertz CT molecular complexity index is 1080. The fourth-order valence-electron chi connectivity index (χ4n) is 2.72. The minimum atomic E-state index is -0.178. The topological polar surface area (TPSA) is 77.1 Å². The first-order valence-corrected chi connectivity index (χ1v) is 8.26. The van der Waals surface area contributed by atoms with Gasteiger partial charge in [0.25, 0.3) is 5.91 Å². The zero-order chi connectivity index (χ0) is 17.4. The number of nitrogens with zero attached hydrogens (tertiary/aromatic N) is 5. The van der Waals surface area contributed by atoms with E-state index in [1.807, 2.05) is 29.7 Å². The van der Waals surface area contributed by atoms with E-state index in [0.717, 1.165) is 23.4 Å². The number of carbonyl (C=O) groups excluding carboxylic acids is 1. The Morgan fingerprint density at radius 3 is 2.96 bits per heavy atom. The fourth-order valence-corrected chi connectivity index (χ4v) is 2.89. The van der Waals surface area contributed by atoms with Gasteiger partial charge in [0.15, 0.2) is 0 Å². The molecule has 3 aromatic heterocycles. The SMILES string of the molecule is CCn1nnc2cc(C(=O)NCc3cn4cc(Cl)ccc4n3)ccc21. The summed E-state index contributed by atoms with van der Waals surface area (Å²) in [5, 5.41) is 11.7. The second-order valence-corrected chi connectivity index (χ2v) is 6.07. The van der Waals surface area contributed by atoms with Crippen molar-refractivity contribution in [2.45, 2.75) is 20.0 Å². The second-order valence-electron chi connectivity index (χ2n) is 5.64. The predicted molar refractivity (Wildman–Crippen MR) is 94.6 cm³/mol. The maximum Gasteiger partial charge on any atom is 0.251 e. The van der Waals surface area contributed by atoms with Gasteiger partial charge in [-0.05, 0) is 37.3 Å². The van der Waals surface area contributed by atoms with Gasteiger partial charge in [-0.2, -0.15) is 0 Å². The maximum absolute atomic E-state index is 12.4. The molecule has 126 valence electrons. The molecule has 0 aliphatic carbocycles. The van der Waals surface area contributed by atoms with E-state index < -0.39 is 0 Å². The van der Waals surface area contributed by atoms with E-state index in [4.69, 9.17) is 11.6 Å². The summed E-state index contributed by atoms with van der Waals surface area (Å²) in [7, 11) is 0. The predicted octanol–water partition coefficient (Wildman–Crippen LogP) is 2.68. The van der Waals surface area contributed by atoms with Crippen LogP contribution in [0.25, 0.3) is 16.7 Å². The van der Waals surface area contributed by atoms with Crippen LogP contribution in [0.15, 0.2) is 42.7 Å². The second kappa shape index (κ2) is 6.18. The van der Waals surface area contributed by atoms with Gasteiger partial charge in [0.1, 0.15) is 11.2 Å². The molecular weight excluding hydrogens is 340 g/mol. The van der Waals surface area contributed by atoms with Crippen LogP contribution >= 0.6 is 11.6 Å². The molecule has 1 aromatic carbocycles. The van der Waals surface area contributed by atoms with Crippen molar-refractivity contribution < 1.29 is 4.79 Å². The third kappa shape index (κ3) is 2.94. The van der Waals surface area contributed by atoms with Crippen LogP contribution in [-0.2, 0) is 13.1 Å². The van der Waals surface area contributed by atoms with Crippen molar-refractivity contribution in [3.05, 3.63) is 59.0 Å². The highest BCUT2D eigenvalue weighted by molar-refractivity contribution is 6.30. The Kier molecular flexibility index (Phi) is 3.85. The number of hydrogen-bond acceptors (Lipinski definition) is 4. The van der Waals surface area contributed by atoms with Crippen LogP contribution in [0.4, 0.5) is 0 Å². The molecule has 0 aliphatic heterocycles. The van der Waals surface area contributed by atoms with Crippen molar-refractivity contribution in [3.63, 3.8) is 0 Å². The number of halogens is 1. The van der Waals surface area contributed by atoms with Crippen LogP contribution in [0.1, 0.15) is 23.0 Å². The van der Waals surface area contributed by atoms with Gasteiger partial charge in [-0.3, -0.25) is 4.79 Å². The highest BCUT2D eigenvalue weighted by atomic mass is 35.5. The van der Waals surface area contributed by atoms with Gasteiger partial charge < -0.3 is 9.72 Å². The number of carbonyl (C=O) groups is 1. The summed E-state index contributed by atoms with van der Waals surface area (Å²) in [6, 6.07) is 8.99. The normalized spacial score (nSPS) is 11.3. The van der Waals surface area contributed by atoms with Crippen molar-refractivity contribution in [2.24, 2.45) is 0 Å².